The fourth-order valence-corrected chi connectivity index (χ4v) is 2.52. The van der Waals surface area contributed by atoms with Gasteiger partial charge in [0.15, 0.2) is 0 Å². The Kier molecular flexibility index (Phi) is 4.44. The molecule has 1 aliphatic heterocycles. The highest BCUT2D eigenvalue weighted by molar-refractivity contribution is 8.15. The highest BCUT2D eigenvalue weighted by atomic mass is 35.5. The van der Waals surface area contributed by atoms with Gasteiger partial charge in [-0.2, -0.15) is 0 Å². The van der Waals surface area contributed by atoms with E-state index >= 15 is 0 Å². The largest absolute Gasteiger partial charge is 0.469 e. The van der Waals surface area contributed by atoms with Crippen molar-refractivity contribution in [1.29, 1.82) is 0 Å². The lowest BCUT2D eigenvalue weighted by molar-refractivity contribution is -0.140. The summed E-state index contributed by atoms with van der Waals surface area (Å²) in [6.45, 7) is 0. The molecule has 1 fully saturated rings. The monoisotopic (exact) mass is 298 g/mol. The summed E-state index contributed by atoms with van der Waals surface area (Å²) in [5, 5.41) is 2.68. The minimum atomic E-state index is -0.377. The van der Waals surface area contributed by atoms with Crippen molar-refractivity contribution in [2.45, 2.75) is 11.7 Å². The second kappa shape index (κ2) is 6.08. The summed E-state index contributed by atoms with van der Waals surface area (Å²) in [6, 6.07) is 6.89. The molecular formula is C12H11ClN2O3S. The second-order valence-corrected chi connectivity index (χ2v) is 5.38. The summed E-state index contributed by atoms with van der Waals surface area (Å²) in [5.74, 6) is 0.0838. The van der Waals surface area contributed by atoms with E-state index in [1.54, 1.807) is 24.3 Å². The molecule has 100 valence electrons. The molecule has 0 radical (unpaired) electrons. The molecule has 1 atom stereocenters. The summed E-state index contributed by atoms with van der Waals surface area (Å²) < 4.78 is 4.60. The summed E-state index contributed by atoms with van der Waals surface area (Å²) in [7, 11) is 1.31. The number of hydrogen-bond donors (Lipinski definition) is 1. The van der Waals surface area contributed by atoms with Crippen LogP contribution < -0.4 is 5.32 Å². The van der Waals surface area contributed by atoms with Crippen LogP contribution in [0.5, 0.6) is 0 Å². The molecular weight excluding hydrogens is 288 g/mol. The predicted molar refractivity (Wildman–Crippen MR) is 75.1 cm³/mol. The first-order valence-electron chi connectivity index (χ1n) is 5.47. The number of aliphatic imine (C=N–C) groups is 1. The maximum atomic E-state index is 11.4. The lowest BCUT2D eigenvalue weighted by Crippen LogP contribution is -2.26. The van der Waals surface area contributed by atoms with Crippen molar-refractivity contribution in [1.82, 2.24) is 5.32 Å². The summed E-state index contributed by atoms with van der Waals surface area (Å²) >= 11 is 6.82. The van der Waals surface area contributed by atoms with Crippen LogP contribution in [0.25, 0.3) is 0 Å². The molecule has 7 heteroatoms. The molecule has 0 bridgehead atoms. The molecule has 1 amide bonds. The quantitative estimate of drug-likeness (QED) is 0.871. The van der Waals surface area contributed by atoms with E-state index in [4.69, 9.17) is 11.6 Å². The highest BCUT2D eigenvalue weighted by Gasteiger charge is 2.31. The van der Waals surface area contributed by atoms with Gasteiger partial charge in [-0.05, 0) is 24.3 Å². The SMILES string of the molecule is COC(=O)C[C@H]1SC(=O)NC1=Nc1ccc(Cl)cc1. The first kappa shape index (κ1) is 13.9. The van der Waals surface area contributed by atoms with Crippen LogP contribution in [0.3, 0.4) is 0 Å². The molecule has 1 aliphatic rings. The number of carbonyl (C=O) groups is 2. The Labute approximate surface area is 119 Å². The predicted octanol–water partition coefficient (Wildman–Crippen LogP) is 2.76. The molecule has 19 heavy (non-hydrogen) atoms. The van der Waals surface area contributed by atoms with E-state index in [1.165, 1.54) is 7.11 Å². The minimum absolute atomic E-state index is 0.104. The number of hydrogen-bond acceptors (Lipinski definition) is 5. The van der Waals surface area contributed by atoms with Gasteiger partial charge in [0.25, 0.3) is 5.24 Å². The van der Waals surface area contributed by atoms with Crippen LogP contribution >= 0.6 is 23.4 Å². The zero-order chi connectivity index (χ0) is 13.8. The molecule has 5 nitrogen and oxygen atoms in total. The van der Waals surface area contributed by atoms with Gasteiger partial charge in [0.1, 0.15) is 5.84 Å². The average molecular weight is 299 g/mol. The molecule has 1 N–H and O–H groups in total. The Bertz CT molecular complexity index is 530. The number of benzene rings is 1. The molecule has 0 aromatic heterocycles. The van der Waals surface area contributed by atoms with E-state index < -0.39 is 0 Å². The molecule has 1 heterocycles. The number of esters is 1. The molecule has 1 saturated heterocycles. The van der Waals surface area contributed by atoms with Crippen molar-refractivity contribution < 1.29 is 14.3 Å². The van der Waals surface area contributed by atoms with E-state index in [0.717, 1.165) is 11.8 Å². The van der Waals surface area contributed by atoms with Crippen molar-refractivity contribution in [2.24, 2.45) is 4.99 Å². The van der Waals surface area contributed by atoms with Gasteiger partial charge in [-0.1, -0.05) is 23.4 Å². The fraction of sp³-hybridized carbons (Fsp3) is 0.250. The van der Waals surface area contributed by atoms with Crippen LogP contribution in [0.4, 0.5) is 10.5 Å². The van der Waals surface area contributed by atoms with Crippen LogP contribution in [-0.2, 0) is 9.53 Å². The van der Waals surface area contributed by atoms with Gasteiger partial charge >= 0.3 is 5.97 Å². The van der Waals surface area contributed by atoms with Gasteiger partial charge in [0.05, 0.1) is 24.5 Å². The van der Waals surface area contributed by atoms with Crippen molar-refractivity contribution in [2.75, 3.05) is 7.11 Å². The number of amidine groups is 1. The van der Waals surface area contributed by atoms with Gasteiger partial charge in [0, 0.05) is 5.02 Å². The molecule has 1 aromatic rings. The first-order chi connectivity index (χ1) is 9.08. The van der Waals surface area contributed by atoms with Crippen molar-refractivity contribution in [3.63, 3.8) is 0 Å². The smallest absolute Gasteiger partial charge is 0.307 e. The third-order valence-electron chi connectivity index (χ3n) is 2.44. The Morgan fingerprint density at radius 3 is 2.79 bits per heavy atom. The number of ether oxygens (including phenoxy) is 1. The second-order valence-electron chi connectivity index (χ2n) is 3.77. The van der Waals surface area contributed by atoms with Gasteiger partial charge in [-0.3, -0.25) is 9.59 Å². The maximum absolute atomic E-state index is 11.4. The Morgan fingerprint density at radius 1 is 1.47 bits per heavy atom. The average Bonchev–Trinajstić information content (AvgIpc) is 2.72. The standard InChI is InChI=1S/C12H11ClN2O3S/c1-18-10(16)6-9-11(15-12(17)19-9)14-8-4-2-7(13)3-5-8/h2-5,9H,6H2,1H3,(H,14,15,17)/t9-/m1/s1. The van der Waals surface area contributed by atoms with Crippen LogP contribution in [0.2, 0.25) is 5.02 Å². The lowest BCUT2D eigenvalue weighted by atomic mass is 10.2. The summed E-state index contributed by atoms with van der Waals surface area (Å²) in [4.78, 5) is 27.0. The lowest BCUT2D eigenvalue weighted by Gasteiger charge is -2.06. The Morgan fingerprint density at radius 2 is 2.16 bits per heavy atom. The number of methoxy groups -OCH3 is 1. The van der Waals surface area contributed by atoms with Crippen LogP contribution in [0.15, 0.2) is 29.3 Å². The van der Waals surface area contributed by atoms with Gasteiger partial charge in [0.2, 0.25) is 0 Å². The number of rotatable bonds is 3. The van der Waals surface area contributed by atoms with Gasteiger partial charge in [-0.25, -0.2) is 4.99 Å². The van der Waals surface area contributed by atoms with E-state index in [-0.39, 0.29) is 22.9 Å². The minimum Gasteiger partial charge on any atom is -0.469 e. The van der Waals surface area contributed by atoms with E-state index in [0.29, 0.717) is 16.5 Å². The van der Waals surface area contributed by atoms with Crippen molar-refractivity contribution in [3.8, 4) is 0 Å². The number of nitrogens with zero attached hydrogens (tertiary/aromatic N) is 1. The molecule has 0 spiro atoms. The molecule has 1 aromatic carbocycles. The van der Waals surface area contributed by atoms with E-state index in [9.17, 15) is 9.59 Å². The van der Waals surface area contributed by atoms with E-state index in [2.05, 4.69) is 15.0 Å². The van der Waals surface area contributed by atoms with Crippen LogP contribution in [0, 0.1) is 0 Å². The topological polar surface area (TPSA) is 67.8 Å². The van der Waals surface area contributed by atoms with Gasteiger partial charge in [-0.15, -0.1) is 0 Å². The normalized spacial score (nSPS) is 20.4. The zero-order valence-electron chi connectivity index (χ0n) is 10.1. The Hall–Kier alpha value is -1.53. The van der Waals surface area contributed by atoms with Crippen LogP contribution in [-0.4, -0.2) is 29.4 Å². The number of halogens is 1. The molecule has 0 aliphatic carbocycles. The fourth-order valence-electron chi connectivity index (χ4n) is 1.53. The van der Waals surface area contributed by atoms with Crippen LogP contribution in [0.1, 0.15) is 6.42 Å². The van der Waals surface area contributed by atoms with E-state index in [1.807, 2.05) is 0 Å². The molecule has 2 rings (SSSR count). The number of amides is 1. The first-order valence-corrected chi connectivity index (χ1v) is 6.73. The maximum Gasteiger partial charge on any atom is 0.307 e. The third kappa shape index (κ3) is 3.71. The Balaban J connectivity index is 2.18. The zero-order valence-corrected chi connectivity index (χ0v) is 11.6. The summed E-state index contributed by atoms with van der Waals surface area (Å²) in [5.41, 5.74) is 0.664. The number of nitrogens with one attached hydrogen (secondary N) is 1. The number of thioether (sulfide) groups is 1. The van der Waals surface area contributed by atoms with Crippen molar-refractivity contribution in [3.05, 3.63) is 29.3 Å². The summed E-state index contributed by atoms with van der Waals surface area (Å²) in [6.07, 6.45) is 0.104. The van der Waals surface area contributed by atoms with Gasteiger partial charge < -0.3 is 10.1 Å². The van der Waals surface area contributed by atoms with Crippen molar-refractivity contribution >= 4 is 46.1 Å². The molecule has 0 saturated carbocycles. The third-order valence-corrected chi connectivity index (χ3v) is 3.68. The molecule has 0 unspecified atom stereocenters. The highest BCUT2D eigenvalue weighted by Crippen LogP contribution is 2.26. The number of carbonyl (C=O) groups excluding carboxylic acids is 2.